The molecule has 0 bridgehead atoms. The number of alkyl halides is 3. The molecule has 0 radical (unpaired) electrons. The number of aromatic nitrogens is 1. The van der Waals surface area contributed by atoms with Crippen molar-refractivity contribution in [2.75, 3.05) is 18.8 Å². The van der Waals surface area contributed by atoms with Crippen molar-refractivity contribution in [2.24, 2.45) is 11.7 Å². The Morgan fingerprint density at radius 1 is 1.14 bits per heavy atom. The molecule has 1 fully saturated rings. The van der Waals surface area contributed by atoms with Gasteiger partial charge < -0.3 is 21.1 Å². The molecule has 5 N–H and O–H groups in total. The number of piperidine rings is 1. The number of aliphatic carboxylic acids is 1. The monoisotopic (exact) mass is 642 g/mol. The highest BCUT2D eigenvalue weighted by molar-refractivity contribution is 7.89. The number of benzene rings is 2. The van der Waals surface area contributed by atoms with Crippen LogP contribution in [0.3, 0.4) is 0 Å². The summed E-state index contributed by atoms with van der Waals surface area (Å²) in [6.07, 6.45) is -1.86. The smallest absolute Gasteiger partial charge is 0.475 e. The maximum absolute atomic E-state index is 15.1. The number of halogens is 4. The number of carbonyl (C=O) groups is 2. The molecule has 1 aromatic heterocycles. The van der Waals surface area contributed by atoms with Crippen molar-refractivity contribution < 1.29 is 40.7 Å². The van der Waals surface area contributed by atoms with E-state index in [1.165, 1.54) is 6.07 Å². The Morgan fingerprint density at radius 2 is 1.75 bits per heavy atom. The molecule has 14 heteroatoms. The fourth-order valence-corrected chi connectivity index (χ4v) is 6.12. The third-order valence-corrected chi connectivity index (χ3v) is 9.83. The van der Waals surface area contributed by atoms with Crippen LogP contribution in [0.5, 0.6) is 0 Å². The van der Waals surface area contributed by atoms with Crippen LogP contribution < -0.4 is 11.1 Å². The van der Waals surface area contributed by atoms with Crippen LogP contribution in [0.4, 0.5) is 17.6 Å². The lowest BCUT2D eigenvalue weighted by atomic mass is 9.88. The van der Waals surface area contributed by atoms with Gasteiger partial charge in [-0.15, -0.1) is 0 Å². The third kappa shape index (κ3) is 8.36. The normalized spacial score (nSPS) is 15.7. The standard InChI is InChI=1S/C28H37FN4O3S.C2HF3O2/c1-5-37(35,36)33-10-8-20(9-11-33)25-16-32-27-23(25)13-21(14-24(27)28(30)34)22-12-19(6-7-26(22)29)15-31-18(4)17(2)3;3-2(4,5)1(6)7/h6-7,12-14,16-18,20,31-32H,5,8-11,15H2,1-4H3,(H2,30,34);(H,6,7). The molecule has 0 saturated carbocycles. The zero-order valence-corrected chi connectivity index (χ0v) is 25.8. The molecule has 3 aromatic rings. The fourth-order valence-electron chi connectivity index (χ4n) is 4.99. The summed E-state index contributed by atoms with van der Waals surface area (Å²) in [4.78, 5) is 24.5. The summed E-state index contributed by atoms with van der Waals surface area (Å²) in [5, 5.41) is 11.4. The third-order valence-electron chi connectivity index (χ3n) is 7.95. The summed E-state index contributed by atoms with van der Waals surface area (Å²) in [5.74, 6) is -3.04. The molecule has 1 aliphatic rings. The van der Waals surface area contributed by atoms with Crippen molar-refractivity contribution in [3.63, 3.8) is 0 Å². The van der Waals surface area contributed by atoms with Gasteiger partial charge in [0.05, 0.1) is 16.8 Å². The van der Waals surface area contributed by atoms with Gasteiger partial charge in [-0.3, -0.25) is 4.79 Å². The van der Waals surface area contributed by atoms with Crippen LogP contribution in [0.1, 0.15) is 67.9 Å². The Hall–Kier alpha value is -3.49. The Bertz CT molecular complexity index is 1600. The van der Waals surface area contributed by atoms with E-state index in [2.05, 4.69) is 31.1 Å². The molecular formula is C30H38F4N4O5S. The summed E-state index contributed by atoms with van der Waals surface area (Å²) in [7, 11) is -3.22. The minimum absolute atomic E-state index is 0.0899. The van der Waals surface area contributed by atoms with Gasteiger partial charge in [-0.1, -0.05) is 19.9 Å². The van der Waals surface area contributed by atoms with Crippen molar-refractivity contribution in [2.45, 2.75) is 65.2 Å². The van der Waals surface area contributed by atoms with Gasteiger partial charge in [0, 0.05) is 42.8 Å². The first-order chi connectivity index (χ1) is 20.5. The van der Waals surface area contributed by atoms with E-state index in [-0.39, 0.29) is 17.5 Å². The van der Waals surface area contributed by atoms with Crippen molar-refractivity contribution >= 4 is 32.8 Å². The van der Waals surface area contributed by atoms with Gasteiger partial charge in [0.2, 0.25) is 10.0 Å². The first-order valence-corrected chi connectivity index (χ1v) is 15.8. The summed E-state index contributed by atoms with van der Waals surface area (Å²) >= 11 is 0. The van der Waals surface area contributed by atoms with Crippen LogP contribution in [-0.4, -0.2) is 65.8 Å². The van der Waals surface area contributed by atoms with Crippen LogP contribution in [0.2, 0.25) is 0 Å². The lowest BCUT2D eigenvalue weighted by Gasteiger charge is -2.31. The number of carbonyl (C=O) groups excluding carboxylic acids is 1. The Balaban J connectivity index is 0.000000676. The molecule has 4 rings (SSSR count). The van der Waals surface area contributed by atoms with E-state index in [4.69, 9.17) is 15.6 Å². The maximum atomic E-state index is 15.1. The van der Waals surface area contributed by atoms with Crippen LogP contribution in [0, 0.1) is 11.7 Å². The van der Waals surface area contributed by atoms with Gasteiger partial charge in [0.15, 0.2) is 0 Å². The van der Waals surface area contributed by atoms with Crippen LogP contribution in [0.25, 0.3) is 22.0 Å². The summed E-state index contributed by atoms with van der Waals surface area (Å²) in [6, 6.07) is 8.92. The topological polar surface area (TPSA) is 146 Å². The van der Waals surface area contributed by atoms with E-state index in [0.29, 0.717) is 66.6 Å². The molecule has 1 amide bonds. The Kier molecular flexibility index (Phi) is 11.2. The van der Waals surface area contributed by atoms with E-state index in [0.717, 1.165) is 16.5 Å². The molecule has 9 nitrogen and oxygen atoms in total. The number of amides is 1. The molecule has 1 saturated heterocycles. The largest absolute Gasteiger partial charge is 0.490 e. The Labute approximate surface area is 253 Å². The number of nitrogens with zero attached hydrogens (tertiary/aromatic N) is 1. The predicted octanol–water partition coefficient (Wildman–Crippen LogP) is 5.37. The van der Waals surface area contributed by atoms with Gasteiger partial charge in [0.1, 0.15) is 5.82 Å². The van der Waals surface area contributed by atoms with E-state index in [1.807, 2.05) is 18.3 Å². The van der Waals surface area contributed by atoms with Gasteiger partial charge in [-0.05, 0) is 79.5 Å². The number of nitrogens with one attached hydrogen (secondary N) is 2. The number of hydrogen-bond acceptors (Lipinski definition) is 5. The second kappa shape index (κ2) is 14.1. The number of fused-ring (bicyclic) bond motifs is 1. The van der Waals surface area contributed by atoms with Gasteiger partial charge in [-0.25, -0.2) is 21.9 Å². The number of sulfonamides is 1. The second-order valence-corrected chi connectivity index (χ2v) is 13.4. The van der Waals surface area contributed by atoms with Crippen molar-refractivity contribution in [3.05, 3.63) is 59.0 Å². The number of carboxylic acids is 1. The number of hydrogen-bond donors (Lipinski definition) is 4. The number of nitrogens with two attached hydrogens (primary N) is 1. The molecule has 0 aliphatic carbocycles. The summed E-state index contributed by atoms with van der Waals surface area (Å²) in [5.41, 5.74) is 9.61. The first-order valence-electron chi connectivity index (χ1n) is 14.2. The van der Waals surface area contributed by atoms with Crippen LogP contribution in [0.15, 0.2) is 36.5 Å². The van der Waals surface area contributed by atoms with Crippen molar-refractivity contribution in [1.29, 1.82) is 0 Å². The van der Waals surface area contributed by atoms with E-state index in [9.17, 15) is 26.4 Å². The molecule has 44 heavy (non-hydrogen) atoms. The average molecular weight is 643 g/mol. The highest BCUT2D eigenvalue weighted by Crippen LogP contribution is 2.38. The van der Waals surface area contributed by atoms with E-state index in [1.54, 1.807) is 23.4 Å². The van der Waals surface area contributed by atoms with Gasteiger partial charge in [-0.2, -0.15) is 13.2 Å². The highest BCUT2D eigenvalue weighted by Gasteiger charge is 2.38. The van der Waals surface area contributed by atoms with E-state index >= 15 is 4.39 Å². The number of primary amides is 1. The highest BCUT2D eigenvalue weighted by atomic mass is 32.2. The number of rotatable bonds is 9. The van der Waals surface area contributed by atoms with Gasteiger partial charge >= 0.3 is 12.1 Å². The molecular weight excluding hydrogens is 604 g/mol. The SMILES string of the molecule is CCS(=O)(=O)N1CCC(c2c[nH]c3c(C(N)=O)cc(-c4cc(CNC(C)C(C)C)ccc4F)cc23)CC1.O=C(O)C(F)(F)F. The van der Waals surface area contributed by atoms with E-state index < -0.39 is 28.1 Å². The number of carboxylic acid groups (broad SMARTS) is 1. The lowest BCUT2D eigenvalue weighted by Crippen LogP contribution is -2.38. The van der Waals surface area contributed by atoms with Crippen molar-refractivity contribution in [3.8, 4) is 11.1 Å². The summed E-state index contributed by atoms with van der Waals surface area (Å²) in [6.45, 7) is 9.58. The zero-order chi connectivity index (χ0) is 33.0. The molecule has 0 spiro atoms. The minimum atomic E-state index is -5.08. The van der Waals surface area contributed by atoms with Crippen LogP contribution in [-0.2, 0) is 21.4 Å². The molecule has 1 aliphatic heterocycles. The van der Waals surface area contributed by atoms with Crippen molar-refractivity contribution in [1.82, 2.24) is 14.6 Å². The number of H-pyrrole nitrogens is 1. The Morgan fingerprint density at radius 3 is 2.27 bits per heavy atom. The molecule has 1 unspecified atom stereocenters. The molecule has 2 aromatic carbocycles. The molecule has 2 heterocycles. The average Bonchev–Trinajstić information content (AvgIpc) is 3.39. The lowest BCUT2D eigenvalue weighted by molar-refractivity contribution is -0.192. The maximum Gasteiger partial charge on any atom is 0.490 e. The summed E-state index contributed by atoms with van der Waals surface area (Å²) < 4.78 is 72.9. The quantitative estimate of drug-likeness (QED) is 0.231. The predicted molar refractivity (Wildman–Crippen MR) is 160 cm³/mol. The zero-order valence-electron chi connectivity index (χ0n) is 25.0. The van der Waals surface area contributed by atoms with Gasteiger partial charge in [0.25, 0.3) is 5.91 Å². The fraction of sp³-hybridized carbons (Fsp3) is 0.467. The molecule has 1 atom stereocenters. The molecule has 242 valence electrons. The second-order valence-electron chi connectivity index (χ2n) is 11.2. The van der Waals surface area contributed by atoms with Crippen LogP contribution >= 0.6 is 0 Å². The number of aromatic amines is 1. The minimum Gasteiger partial charge on any atom is -0.475 e. The first kappa shape index (κ1) is 35.0.